The molecule has 7 heteroatoms. The summed E-state index contributed by atoms with van der Waals surface area (Å²) in [4.78, 5) is 15.0. The smallest absolute Gasteiger partial charge is 0.266 e. The second-order valence-electron chi connectivity index (χ2n) is 4.74. The van der Waals surface area contributed by atoms with E-state index in [0.717, 1.165) is 21.4 Å². The molecule has 1 N–H and O–H groups in total. The highest BCUT2D eigenvalue weighted by Gasteiger charge is 2.16. The minimum Gasteiger partial charge on any atom is -0.266 e. The van der Waals surface area contributed by atoms with E-state index >= 15 is 0 Å². The molecular weight excluding hydrogens is 371 g/mol. The predicted molar refractivity (Wildman–Crippen MR) is 101 cm³/mol. The summed E-state index contributed by atoms with van der Waals surface area (Å²) in [6, 6.07) is 9.40. The van der Waals surface area contributed by atoms with E-state index in [1.165, 1.54) is 16.2 Å². The van der Waals surface area contributed by atoms with Gasteiger partial charge in [0.15, 0.2) is 0 Å². The van der Waals surface area contributed by atoms with Crippen LogP contribution in [0.25, 0.3) is 10.1 Å². The molecule has 0 unspecified atom stereocenters. The maximum absolute atomic E-state index is 12.2. The van der Waals surface area contributed by atoms with Crippen LogP contribution in [0.2, 0.25) is 10.0 Å². The fourth-order valence-electron chi connectivity index (χ4n) is 2.04. The molecule has 0 spiro atoms. The van der Waals surface area contributed by atoms with E-state index in [-0.39, 0.29) is 5.91 Å². The van der Waals surface area contributed by atoms with Crippen LogP contribution in [0.15, 0.2) is 35.4 Å². The lowest BCUT2D eigenvalue weighted by atomic mass is 10.2. The summed E-state index contributed by atoms with van der Waals surface area (Å²) in [7, 11) is 0. The first-order valence-corrected chi connectivity index (χ1v) is 9.27. The van der Waals surface area contributed by atoms with E-state index in [1.54, 1.807) is 29.7 Å². The number of hydrogen-bond donors (Lipinski definition) is 1. The molecule has 0 aliphatic carbocycles. The van der Waals surface area contributed by atoms with E-state index in [4.69, 9.17) is 23.2 Å². The van der Waals surface area contributed by atoms with Crippen molar-refractivity contribution in [3.05, 3.63) is 55.0 Å². The van der Waals surface area contributed by atoms with Crippen LogP contribution in [-0.2, 0) is 6.42 Å². The normalized spacial score (nSPS) is 11.4. The average Bonchev–Trinajstić information content (AvgIpc) is 3.12. The zero-order valence-electron chi connectivity index (χ0n) is 12.1. The molecule has 2 heterocycles. The number of carbonyl (C=O) groups excluding carboxylic acids is 1. The van der Waals surface area contributed by atoms with E-state index < -0.39 is 0 Å². The van der Waals surface area contributed by atoms with Gasteiger partial charge in [-0.25, -0.2) is 5.43 Å². The lowest BCUT2D eigenvalue weighted by molar-refractivity contribution is 0.0959. The molecule has 0 fully saturated rings. The molecule has 0 bridgehead atoms. The molecule has 3 rings (SSSR count). The Hall–Kier alpha value is -1.40. The first kappa shape index (κ1) is 16.5. The summed E-state index contributed by atoms with van der Waals surface area (Å²) in [6.07, 6.45) is 2.63. The number of benzene rings is 1. The van der Waals surface area contributed by atoms with Crippen molar-refractivity contribution in [3.63, 3.8) is 0 Å². The summed E-state index contributed by atoms with van der Waals surface area (Å²) in [5.41, 5.74) is 2.52. The number of amides is 1. The van der Waals surface area contributed by atoms with Gasteiger partial charge in [0.1, 0.15) is 4.88 Å². The molecule has 0 aliphatic rings. The van der Waals surface area contributed by atoms with Crippen molar-refractivity contribution in [2.24, 2.45) is 5.10 Å². The zero-order valence-corrected chi connectivity index (χ0v) is 15.2. The number of fused-ring (bicyclic) bond motifs is 1. The molecule has 0 saturated heterocycles. The third-order valence-electron chi connectivity index (χ3n) is 3.19. The number of aryl methyl sites for hydroxylation is 1. The number of thiophene rings is 2. The molecule has 23 heavy (non-hydrogen) atoms. The number of nitrogens with one attached hydrogen (secondary N) is 1. The van der Waals surface area contributed by atoms with Crippen LogP contribution in [0.3, 0.4) is 0 Å². The number of hydrogen-bond acceptors (Lipinski definition) is 4. The number of rotatable bonds is 4. The largest absolute Gasteiger partial charge is 0.283 e. The highest BCUT2D eigenvalue weighted by molar-refractivity contribution is 7.21. The van der Waals surface area contributed by atoms with Gasteiger partial charge in [0, 0.05) is 24.9 Å². The van der Waals surface area contributed by atoms with E-state index in [1.807, 2.05) is 12.1 Å². The number of hydrazone groups is 1. The van der Waals surface area contributed by atoms with Crippen molar-refractivity contribution in [1.29, 1.82) is 0 Å². The molecule has 0 saturated carbocycles. The number of halogens is 2. The second-order valence-corrected chi connectivity index (χ2v) is 7.81. The SMILES string of the molecule is CCc1ccc(/C=N\NC(=O)c2sc3cc(Cl)ccc3c2Cl)s1. The number of carbonyl (C=O) groups is 1. The van der Waals surface area contributed by atoms with Crippen LogP contribution in [0.4, 0.5) is 0 Å². The lowest BCUT2D eigenvalue weighted by Gasteiger charge is -1.96. The van der Waals surface area contributed by atoms with Crippen LogP contribution in [0.1, 0.15) is 26.3 Å². The molecule has 118 valence electrons. The molecule has 1 aromatic carbocycles. The molecule has 0 aliphatic heterocycles. The molecular formula is C16H12Cl2N2OS2. The van der Waals surface area contributed by atoms with Crippen molar-refractivity contribution >= 4 is 68.1 Å². The topological polar surface area (TPSA) is 41.5 Å². The Bertz CT molecular complexity index is 899. The van der Waals surface area contributed by atoms with Gasteiger partial charge < -0.3 is 0 Å². The molecule has 0 atom stereocenters. The average molecular weight is 383 g/mol. The zero-order chi connectivity index (χ0) is 16.4. The molecule has 0 radical (unpaired) electrons. The Kier molecular flexibility index (Phi) is 5.02. The summed E-state index contributed by atoms with van der Waals surface area (Å²) < 4.78 is 0.877. The monoisotopic (exact) mass is 382 g/mol. The van der Waals surface area contributed by atoms with Crippen molar-refractivity contribution in [2.75, 3.05) is 0 Å². The van der Waals surface area contributed by atoms with Gasteiger partial charge in [-0.2, -0.15) is 5.10 Å². The predicted octanol–water partition coefficient (Wildman–Crippen LogP) is 5.60. The fraction of sp³-hybridized carbons (Fsp3) is 0.125. The van der Waals surface area contributed by atoms with Crippen molar-refractivity contribution in [1.82, 2.24) is 5.43 Å². The van der Waals surface area contributed by atoms with Gasteiger partial charge in [-0.1, -0.05) is 36.2 Å². The third-order valence-corrected chi connectivity index (χ3v) is 6.24. The quantitative estimate of drug-likeness (QED) is 0.463. The number of nitrogens with zero attached hydrogens (tertiary/aromatic N) is 1. The Balaban J connectivity index is 1.76. The van der Waals surface area contributed by atoms with Crippen LogP contribution in [0.5, 0.6) is 0 Å². The van der Waals surface area contributed by atoms with E-state index in [2.05, 4.69) is 23.5 Å². The highest BCUT2D eigenvalue weighted by Crippen LogP contribution is 2.36. The van der Waals surface area contributed by atoms with Crippen molar-refractivity contribution in [2.45, 2.75) is 13.3 Å². The molecule has 2 aromatic heterocycles. The van der Waals surface area contributed by atoms with Crippen LogP contribution in [-0.4, -0.2) is 12.1 Å². The molecule has 3 nitrogen and oxygen atoms in total. The van der Waals surface area contributed by atoms with Crippen LogP contribution >= 0.6 is 45.9 Å². The lowest BCUT2D eigenvalue weighted by Crippen LogP contribution is -2.16. The Morgan fingerprint density at radius 3 is 2.83 bits per heavy atom. The van der Waals surface area contributed by atoms with Gasteiger partial charge in [-0.3, -0.25) is 4.79 Å². The van der Waals surface area contributed by atoms with Gasteiger partial charge >= 0.3 is 0 Å². The summed E-state index contributed by atoms with van der Waals surface area (Å²) >= 11 is 15.2. The highest BCUT2D eigenvalue weighted by atomic mass is 35.5. The summed E-state index contributed by atoms with van der Waals surface area (Å²) in [5, 5.41) is 5.87. The van der Waals surface area contributed by atoms with E-state index in [9.17, 15) is 4.79 Å². The van der Waals surface area contributed by atoms with Gasteiger partial charge in [-0.15, -0.1) is 22.7 Å². The van der Waals surface area contributed by atoms with E-state index in [0.29, 0.717) is 14.9 Å². The van der Waals surface area contributed by atoms with Gasteiger partial charge in [0.05, 0.1) is 11.2 Å². The van der Waals surface area contributed by atoms with Gasteiger partial charge in [0.25, 0.3) is 5.91 Å². The molecule has 1 amide bonds. The third kappa shape index (κ3) is 3.58. The van der Waals surface area contributed by atoms with Gasteiger partial charge in [-0.05, 0) is 30.7 Å². The Morgan fingerprint density at radius 2 is 2.09 bits per heavy atom. The minimum absolute atomic E-state index is 0.323. The summed E-state index contributed by atoms with van der Waals surface area (Å²) in [5.74, 6) is -0.323. The minimum atomic E-state index is -0.323. The van der Waals surface area contributed by atoms with Gasteiger partial charge in [0.2, 0.25) is 0 Å². The van der Waals surface area contributed by atoms with Crippen LogP contribution < -0.4 is 5.43 Å². The maximum atomic E-state index is 12.2. The first-order valence-electron chi connectivity index (χ1n) is 6.88. The fourth-order valence-corrected chi connectivity index (χ4v) is 4.55. The summed E-state index contributed by atoms with van der Waals surface area (Å²) in [6.45, 7) is 2.10. The molecule has 3 aromatic rings. The standard InChI is InChI=1S/C16H12Cl2N2OS2/c1-2-10-4-5-11(22-10)8-19-20-16(21)15-14(18)12-6-3-9(17)7-13(12)23-15/h3-8H,2H2,1H3,(H,20,21)/b19-8-. The maximum Gasteiger partial charge on any atom is 0.283 e. The van der Waals surface area contributed by atoms with Crippen molar-refractivity contribution < 1.29 is 4.79 Å². The van der Waals surface area contributed by atoms with Crippen LogP contribution in [0, 0.1) is 0 Å². The second kappa shape index (κ2) is 7.01. The Morgan fingerprint density at radius 1 is 1.26 bits per heavy atom. The van der Waals surface area contributed by atoms with Crippen molar-refractivity contribution in [3.8, 4) is 0 Å². The first-order chi connectivity index (χ1) is 11.1. The Labute approximate surface area is 151 Å².